The second kappa shape index (κ2) is 8.28. The minimum Gasteiger partial charge on any atom is -0.411 e. The molecule has 0 radical (unpaired) electrons. The van der Waals surface area contributed by atoms with Crippen LogP contribution in [0.4, 0.5) is 0 Å². The van der Waals surface area contributed by atoms with Crippen molar-refractivity contribution in [2.75, 3.05) is 32.7 Å². The minimum absolute atomic E-state index is 0. The van der Waals surface area contributed by atoms with E-state index in [0.29, 0.717) is 4.32 Å². The van der Waals surface area contributed by atoms with E-state index in [-0.39, 0.29) is 29.6 Å². The van der Waals surface area contributed by atoms with Gasteiger partial charge in [-0.15, -0.1) is 0 Å². The van der Waals surface area contributed by atoms with Gasteiger partial charge in [-0.1, -0.05) is 23.6 Å². The molecule has 2 fully saturated rings. The molecule has 17 heavy (non-hydrogen) atoms. The first kappa shape index (κ1) is 16.1. The second-order valence-electron chi connectivity index (χ2n) is 5.06. The minimum atomic E-state index is 0. The van der Waals surface area contributed by atoms with E-state index in [1.807, 2.05) is 0 Å². The zero-order valence-electron chi connectivity index (χ0n) is 10.9. The van der Waals surface area contributed by atoms with Crippen molar-refractivity contribution in [3.63, 3.8) is 0 Å². The molecule has 0 unspecified atom stereocenters. The Labute approximate surface area is 138 Å². The zero-order valence-corrected chi connectivity index (χ0v) is 14.5. The van der Waals surface area contributed by atoms with Gasteiger partial charge in [0.25, 0.3) is 0 Å². The molecule has 1 saturated heterocycles. The molecule has 0 aromatic rings. The van der Waals surface area contributed by atoms with Gasteiger partial charge in [0, 0.05) is 32.7 Å². The molecule has 0 spiro atoms. The molecular weight excluding hydrogens is 259 g/mol. The molecule has 5 heteroatoms. The van der Waals surface area contributed by atoms with Crippen LogP contribution in [-0.2, 0) is 12.6 Å². The van der Waals surface area contributed by atoms with Gasteiger partial charge in [0.05, 0.1) is 0 Å². The Morgan fingerprint density at radius 1 is 1.06 bits per heavy atom. The Bertz CT molecular complexity index is 237. The van der Waals surface area contributed by atoms with Crippen LogP contribution in [0.15, 0.2) is 0 Å². The normalized spacial score (nSPS) is 23.2. The summed E-state index contributed by atoms with van der Waals surface area (Å²) in [4.78, 5) is 4.75. The molecule has 0 aromatic carbocycles. The Balaban J connectivity index is 0.00000144. The molecule has 0 atom stereocenters. The van der Waals surface area contributed by atoms with E-state index < -0.39 is 0 Å². The molecule has 1 saturated carbocycles. The summed E-state index contributed by atoms with van der Waals surface area (Å²) in [5, 5.41) is 0. The van der Waals surface area contributed by atoms with Gasteiger partial charge in [-0.25, -0.2) is 0 Å². The van der Waals surface area contributed by atoms with E-state index in [1.165, 1.54) is 38.6 Å². The maximum Gasteiger partial charge on any atom is 1.00 e. The summed E-state index contributed by atoms with van der Waals surface area (Å²) in [5.41, 5.74) is 0. The van der Waals surface area contributed by atoms with Gasteiger partial charge in [-0.2, -0.15) is 0 Å². The van der Waals surface area contributed by atoms with Gasteiger partial charge in [-0.3, -0.25) is 4.90 Å². The maximum absolute atomic E-state index is 5.04. The third-order valence-electron chi connectivity index (χ3n) is 3.87. The van der Waals surface area contributed by atoms with Gasteiger partial charge in [0.2, 0.25) is 0 Å². The van der Waals surface area contributed by atoms with E-state index in [4.69, 9.17) is 24.8 Å². The fraction of sp³-hybridized carbons (Fsp3) is 0.917. The SMILES string of the molecule is S=C([S-])N1CCN(CC2CCCCC2)CC1.[Na+]. The van der Waals surface area contributed by atoms with Crippen molar-refractivity contribution < 1.29 is 29.6 Å². The molecule has 1 heterocycles. The number of hydrogen-bond donors (Lipinski definition) is 0. The zero-order chi connectivity index (χ0) is 11.4. The Morgan fingerprint density at radius 2 is 1.65 bits per heavy atom. The molecule has 92 valence electrons. The number of piperazine rings is 1. The average molecular weight is 280 g/mol. The van der Waals surface area contributed by atoms with Crippen LogP contribution in [-0.4, -0.2) is 46.8 Å². The van der Waals surface area contributed by atoms with Crippen molar-refractivity contribution in [1.29, 1.82) is 0 Å². The first-order chi connectivity index (χ1) is 7.75. The molecule has 0 N–H and O–H groups in total. The Kier molecular flexibility index (Phi) is 7.86. The molecule has 2 rings (SSSR count). The van der Waals surface area contributed by atoms with E-state index in [1.54, 1.807) is 0 Å². The summed E-state index contributed by atoms with van der Waals surface area (Å²) < 4.78 is 0.650. The predicted octanol–water partition coefficient (Wildman–Crippen LogP) is -0.980. The molecular formula is C12H21N2NaS2. The van der Waals surface area contributed by atoms with E-state index in [0.717, 1.165) is 32.1 Å². The van der Waals surface area contributed by atoms with E-state index in [2.05, 4.69) is 9.80 Å². The number of hydrogen-bond acceptors (Lipinski definition) is 3. The molecule has 0 aromatic heterocycles. The van der Waals surface area contributed by atoms with E-state index >= 15 is 0 Å². The fourth-order valence-electron chi connectivity index (χ4n) is 2.85. The van der Waals surface area contributed by atoms with Crippen LogP contribution < -0.4 is 29.6 Å². The van der Waals surface area contributed by atoms with Crippen molar-refractivity contribution in [3.8, 4) is 0 Å². The van der Waals surface area contributed by atoms with Crippen LogP contribution >= 0.6 is 12.2 Å². The van der Waals surface area contributed by atoms with Gasteiger partial charge in [-0.05, 0) is 18.8 Å². The largest absolute Gasteiger partial charge is 1.00 e. The predicted molar refractivity (Wildman–Crippen MR) is 74.6 cm³/mol. The molecule has 1 aliphatic heterocycles. The second-order valence-corrected chi connectivity index (χ2v) is 6.09. The van der Waals surface area contributed by atoms with Crippen molar-refractivity contribution in [1.82, 2.24) is 9.80 Å². The van der Waals surface area contributed by atoms with E-state index in [9.17, 15) is 0 Å². The van der Waals surface area contributed by atoms with Gasteiger partial charge >= 0.3 is 29.6 Å². The Hall–Kier alpha value is 1.07. The summed E-state index contributed by atoms with van der Waals surface area (Å²) in [6.07, 6.45) is 7.23. The molecule has 2 aliphatic rings. The first-order valence-electron chi connectivity index (χ1n) is 6.44. The van der Waals surface area contributed by atoms with Crippen molar-refractivity contribution in [3.05, 3.63) is 0 Å². The van der Waals surface area contributed by atoms with Gasteiger partial charge < -0.3 is 29.7 Å². The standard InChI is InChI=1S/C12H22N2S2.Na/c15-12(16)14-8-6-13(7-9-14)10-11-4-2-1-3-5-11;/h11H,1-10H2,(H,15,16);/q;+1/p-1. The monoisotopic (exact) mass is 280 g/mol. The average Bonchev–Trinajstić information content (AvgIpc) is 2.31. The topological polar surface area (TPSA) is 6.48 Å². The Morgan fingerprint density at radius 3 is 2.18 bits per heavy atom. The summed E-state index contributed by atoms with van der Waals surface area (Å²) in [5.74, 6) is 0.954. The van der Waals surface area contributed by atoms with Crippen LogP contribution in [0, 0.1) is 5.92 Å². The summed E-state index contributed by atoms with van der Waals surface area (Å²) in [7, 11) is 0. The van der Waals surface area contributed by atoms with Gasteiger partial charge in [0.1, 0.15) is 0 Å². The maximum atomic E-state index is 5.04. The number of thiocarbonyl (C=S) groups is 1. The van der Waals surface area contributed by atoms with Crippen molar-refractivity contribution in [2.45, 2.75) is 32.1 Å². The van der Waals surface area contributed by atoms with Crippen LogP contribution in [0.2, 0.25) is 0 Å². The van der Waals surface area contributed by atoms with Crippen molar-refractivity contribution >= 4 is 29.2 Å². The number of nitrogens with zero attached hydrogens (tertiary/aromatic N) is 2. The quantitative estimate of drug-likeness (QED) is 0.364. The summed E-state index contributed by atoms with van der Waals surface area (Å²) in [6.45, 7) is 5.67. The first-order valence-corrected chi connectivity index (χ1v) is 7.25. The third-order valence-corrected chi connectivity index (χ3v) is 4.39. The third kappa shape index (κ3) is 5.29. The van der Waals surface area contributed by atoms with Crippen molar-refractivity contribution in [2.24, 2.45) is 5.92 Å². The van der Waals surface area contributed by atoms with Crippen LogP contribution in [0.3, 0.4) is 0 Å². The summed E-state index contributed by atoms with van der Waals surface area (Å²) in [6, 6.07) is 0. The molecule has 1 aliphatic carbocycles. The van der Waals surface area contributed by atoms with Gasteiger partial charge in [0.15, 0.2) is 0 Å². The molecule has 0 amide bonds. The van der Waals surface area contributed by atoms with Crippen LogP contribution in [0.1, 0.15) is 32.1 Å². The van der Waals surface area contributed by atoms with Crippen LogP contribution in [0.25, 0.3) is 0 Å². The number of rotatable bonds is 2. The summed E-state index contributed by atoms with van der Waals surface area (Å²) >= 11 is 10.1. The molecule has 0 bridgehead atoms. The smallest absolute Gasteiger partial charge is 0.411 e. The van der Waals surface area contributed by atoms with Crippen LogP contribution in [0.5, 0.6) is 0 Å². The molecule has 2 nitrogen and oxygen atoms in total. The fourth-order valence-corrected chi connectivity index (χ4v) is 3.21.